The molecule has 0 unspecified atom stereocenters. The third kappa shape index (κ3) is 9.26. The second-order valence-corrected chi connectivity index (χ2v) is 0.509. The number of amides is 2. The molecule has 0 aliphatic heterocycles. The number of nitrogens with two attached hydrogens (primary N) is 2. The van der Waals surface area contributed by atoms with Gasteiger partial charge < -0.3 is 5.73 Å². The second-order valence-electron chi connectivity index (χ2n) is 0.509. The number of carbonyl (C=O) groups is 1. The van der Waals surface area contributed by atoms with Crippen molar-refractivity contribution in [1.82, 2.24) is 5.43 Å². The third-order valence-electron chi connectivity index (χ3n) is 0.142. The van der Waals surface area contributed by atoms with Crippen LogP contribution in [0.5, 0.6) is 0 Å². The van der Waals surface area contributed by atoms with Crippen molar-refractivity contribution in [1.29, 1.82) is 0 Å². The maximum Gasteiger partial charge on any atom is 0.326 e. The van der Waals surface area contributed by atoms with Gasteiger partial charge in [0.05, 0.1) is 0 Å². The first-order valence-corrected chi connectivity index (χ1v) is 1.03. The summed E-state index contributed by atoms with van der Waals surface area (Å²) in [6, 6.07) is -0.718. The van der Waals surface area contributed by atoms with Crippen molar-refractivity contribution in [3.8, 4) is 0 Å². The van der Waals surface area contributed by atoms with Crippen molar-refractivity contribution in [2.24, 2.45) is 11.6 Å². The standard InChI is InChI=1S/CH5N3O.Fe/c2-1(5)4-3;/h3H2,(H3,2,4,5);. The van der Waals surface area contributed by atoms with Crippen molar-refractivity contribution in [2.45, 2.75) is 0 Å². The van der Waals surface area contributed by atoms with Crippen LogP contribution in [0.3, 0.4) is 0 Å². The van der Waals surface area contributed by atoms with Crippen LogP contribution in [0.15, 0.2) is 0 Å². The van der Waals surface area contributed by atoms with Gasteiger partial charge in [0, 0.05) is 17.1 Å². The molecule has 5 N–H and O–H groups in total. The van der Waals surface area contributed by atoms with Crippen LogP contribution in [0.4, 0.5) is 4.79 Å². The molecule has 0 atom stereocenters. The maximum atomic E-state index is 9.35. The molecular formula is CH5FeN3O. The number of rotatable bonds is 0. The smallest absolute Gasteiger partial charge is 0.326 e. The van der Waals surface area contributed by atoms with Crippen molar-refractivity contribution in [3.63, 3.8) is 0 Å². The molecule has 5 heteroatoms. The maximum absolute atomic E-state index is 9.35. The molecule has 0 radical (unpaired) electrons. The Kier molecular flexibility index (Phi) is 7.30. The molecule has 0 aliphatic carbocycles. The van der Waals surface area contributed by atoms with E-state index < -0.39 is 6.03 Å². The Morgan fingerprint density at radius 3 is 1.83 bits per heavy atom. The van der Waals surface area contributed by atoms with Gasteiger partial charge in [0.2, 0.25) is 0 Å². The molecule has 0 aliphatic rings. The zero-order chi connectivity index (χ0) is 4.28. The number of primary amides is 1. The fourth-order valence-corrected chi connectivity index (χ4v) is 0. The average molecular weight is 131 g/mol. The second kappa shape index (κ2) is 4.75. The monoisotopic (exact) mass is 131 g/mol. The van der Waals surface area contributed by atoms with E-state index in [4.69, 9.17) is 0 Å². The van der Waals surface area contributed by atoms with E-state index in [0.717, 1.165) is 0 Å². The Morgan fingerprint density at radius 1 is 1.67 bits per heavy atom. The molecule has 0 heterocycles. The van der Waals surface area contributed by atoms with E-state index in [1.165, 1.54) is 0 Å². The minimum absolute atomic E-state index is 0. The van der Waals surface area contributed by atoms with Crippen molar-refractivity contribution in [2.75, 3.05) is 0 Å². The summed E-state index contributed by atoms with van der Waals surface area (Å²) in [5, 5.41) is 0. The van der Waals surface area contributed by atoms with Gasteiger partial charge in [0.1, 0.15) is 0 Å². The van der Waals surface area contributed by atoms with Gasteiger partial charge in [0.25, 0.3) is 0 Å². The average Bonchev–Trinajstić information content (AvgIpc) is 1.38. The minimum Gasteiger partial charge on any atom is -0.351 e. The molecule has 0 bridgehead atoms. The van der Waals surface area contributed by atoms with Gasteiger partial charge in [0.15, 0.2) is 0 Å². The first-order valence-electron chi connectivity index (χ1n) is 1.03. The summed E-state index contributed by atoms with van der Waals surface area (Å²) < 4.78 is 0. The van der Waals surface area contributed by atoms with Crippen LogP contribution in [-0.2, 0) is 17.1 Å². The van der Waals surface area contributed by atoms with Gasteiger partial charge in [-0.05, 0) is 0 Å². The molecule has 0 rings (SSSR count). The van der Waals surface area contributed by atoms with Crippen LogP contribution >= 0.6 is 0 Å². The zero-order valence-electron chi connectivity index (χ0n) is 2.92. The first kappa shape index (κ1) is 9.23. The summed E-state index contributed by atoms with van der Waals surface area (Å²) in [5.74, 6) is 4.45. The molecule has 0 saturated carbocycles. The molecular weight excluding hydrogens is 126 g/mol. The normalized spacial score (nSPS) is 5.50. The van der Waals surface area contributed by atoms with Gasteiger partial charge in [-0.25, -0.2) is 10.6 Å². The number of nitrogens with one attached hydrogen (secondary N) is 1. The number of hydrogen-bond donors (Lipinski definition) is 3. The molecule has 0 aromatic heterocycles. The van der Waals surface area contributed by atoms with E-state index >= 15 is 0 Å². The molecule has 0 fully saturated rings. The first-order chi connectivity index (χ1) is 2.27. The predicted octanol–water partition coefficient (Wildman–Crippen LogP) is -1.47. The molecule has 38 valence electrons. The van der Waals surface area contributed by atoms with Gasteiger partial charge >= 0.3 is 6.03 Å². The third-order valence-corrected chi connectivity index (χ3v) is 0.142. The van der Waals surface area contributed by atoms with E-state index in [-0.39, 0.29) is 17.1 Å². The van der Waals surface area contributed by atoms with Gasteiger partial charge in [-0.15, -0.1) is 0 Å². The van der Waals surface area contributed by atoms with Crippen LogP contribution in [0.25, 0.3) is 0 Å². The van der Waals surface area contributed by atoms with Gasteiger partial charge in [-0.3, -0.25) is 5.43 Å². The summed E-state index contributed by atoms with van der Waals surface area (Å²) in [7, 11) is 0. The van der Waals surface area contributed by atoms with Gasteiger partial charge in [-0.2, -0.15) is 0 Å². The van der Waals surface area contributed by atoms with Crippen LogP contribution in [0.1, 0.15) is 0 Å². The molecule has 0 aromatic rings. The fourth-order valence-electron chi connectivity index (χ4n) is 0. The quantitative estimate of drug-likeness (QED) is 0.162. The number of carbonyl (C=O) groups excluding carboxylic acids is 1. The number of hydrogen-bond acceptors (Lipinski definition) is 2. The van der Waals surface area contributed by atoms with E-state index in [9.17, 15) is 4.79 Å². The molecule has 0 saturated heterocycles. The largest absolute Gasteiger partial charge is 0.351 e. The molecule has 4 nitrogen and oxygen atoms in total. The molecule has 6 heavy (non-hydrogen) atoms. The summed E-state index contributed by atoms with van der Waals surface area (Å²) >= 11 is 0. The Bertz CT molecular complexity index is 46.1. The zero-order valence-corrected chi connectivity index (χ0v) is 4.02. The van der Waals surface area contributed by atoms with Gasteiger partial charge in [-0.1, -0.05) is 0 Å². The van der Waals surface area contributed by atoms with Crippen LogP contribution in [0.2, 0.25) is 0 Å². The Morgan fingerprint density at radius 2 is 1.83 bits per heavy atom. The van der Waals surface area contributed by atoms with E-state index in [0.29, 0.717) is 0 Å². The van der Waals surface area contributed by atoms with Crippen molar-refractivity contribution >= 4 is 6.03 Å². The summed E-state index contributed by atoms with van der Waals surface area (Å²) in [6.45, 7) is 0. The van der Waals surface area contributed by atoms with Crippen LogP contribution in [0, 0.1) is 0 Å². The van der Waals surface area contributed by atoms with E-state index in [1.807, 2.05) is 0 Å². The Balaban J connectivity index is 0. The number of urea groups is 1. The van der Waals surface area contributed by atoms with Crippen molar-refractivity contribution in [3.05, 3.63) is 0 Å². The molecule has 0 aromatic carbocycles. The van der Waals surface area contributed by atoms with E-state index in [2.05, 4.69) is 11.6 Å². The topological polar surface area (TPSA) is 81.1 Å². The number of hydrazine groups is 1. The van der Waals surface area contributed by atoms with Crippen molar-refractivity contribution < 1.29 is 21.9 Å². The Labute approximate surface area is 45.7 Å². The predicted molar refractivity (Wildman–Crippen MR) is 16.9 cm³/mol. The van der Waals surface area contributed by atoms with E-state index in [1.54, 1.807) is 5.43 Å². The Hall–Kier alpha value is -0.251. The summed E-state index contributed by atoms with van der Waals surface area (Å²) in [5.41, 5.74) is 6.08. The SMILES string of the molecule is NNC(N)=O.[Fe]. The summed E-state index contributed by atoms with van der Waals surface area (Å²) in [6.07, 6.45) is 0. The molecule has 0 spiro atoms. The molecule has 2 amide bonds. The summed E-state index contributed by atoms with van der Waals surface area (Å²) in [4.78, 5) is 9.35. The van der Waals surface area contributed by atoms with Crippen LogP contribution in [-0.4, -0.2) is 6.03 Å². The fraction of sp³-hybridized carbons (Fsp3) is 0. The minimum atomic E-state index is -0.718. The van der Waals surface area contributed by atoms with Crippen LogP contribution < -0.4 is 17.0 Å².